The molecular weight excluding hydrogens is 264 g/mol. The first-order valence-electron chi connectivity index (χ1n) is 6.88. The van der Waals surface area contributed by atoms with E-state index in [2.05, 4.69) is 5.32 Å². The van der Waals surface area contributed by atoms with E-state index in [0.717, 1.165) is 12.8 Å². The normalized spacial score (nSPS) is 17.5. The second kappa shape index (κ2) is 6.75. The highest BCUT2D eigenvalue weighted by atomic mass is 35.5. The maximum Gasteiger partial charge on any atom is 0.310 e. The van der Waals surface area contributed by atoms with Gasteiger partial charge >= 0.3 is 5.69 Å². The highest BCUT2D eigenvalue weighted by Gasteiger charge is 2.21. The van der Waals surface area contributed by atoms with Gasteiger partial charge in [-0.05, 0) is 25.0 Å². The second-order valence-electron chi connectivity index (χ2n) is 5.08. The summed E-state index contributed by atoms with van der Waals surface area (Å²) in [5.41, 5.74) is 0.536. The number of nitro groups is 1. The van der Waals surface area contributed by atoms with Crippen molar-refractivity contribution in [2.45, 2.75) is 51.0 Å². The van der Waals surface area contributed by atoms with Gasteiger partial charge in [0.15, 0.2) is 0 Å². The molecule has 0 spiro atoms. The second-order valence-corrected chi connectivity index (χ2v) is 5.49. The average Bonchev–Trinajstić information content (AvgIpc) is 2.32. The molecule has 2 rings (SSSR count). The molecule has 19 heavy (non-hydrogen) atoms. The summed E-state index contributed by atoms with van der Waals surface area (Å²) in [6.45, 7) is 0. The van der Waals surface area contributed by atoms with Crippen LogP contribution in [-0.2, 0) is 0 Å². The first kappa shape index (κ1) is 14.1. The van der Waals surface area contributed by atoms with Crippen LogP contribution in [0.2, 0.25) is 5.02 Å². The molecule has 4 nitrogen and oxygen atoms in total. The van der Waals surface area contributed by atoms with Gasteiger partial charge in [0, 0.05) is 6.04 Å². The summed E-state index contributed by atoms with van der Waals surface area (Å²) >= 11 is 5.92. The number of nitrogens with zero attached hydrogens (tertiary/aromatic N) is 1. The molecule has 0 heterocycles. The minimum atomic E-state index is -0.409. The largest absolute Gasteiger partial charge is 0.377 e. The third-order valence-corrected chi connectivity index (χ3v) is 3.94. The predicted octanol–water partition coefficient (Wildman–Crippen LogP) is 4.77. The number of benzene rings is 1. The van der Waals surface area contributed by atoms with Crippen molar-refractivity contribution in [3.8, 4) is 0 Å². The number of halogens is 1. The highest BCUT2D eigenvalue weighted by Crippen LogP contribution is 2.33. The van der Waals surface area contributed by atoms with Gasteiger partial charge in [0.25, 0.3) is 0 Å². The van der Waals surface area contributed by atoms with Crippen LogP contribution in [-0.4, -0.2) is 11.0 Å². The van der Waals surface area contributed by atoms with E-state index in [1.54, 1.807) is 18.2 Å². The lowest BCUT2D eigenvalue weighted by molar-refractivity contribution is -0.383. The number of rotatable bonds is 3. The average molecular weight is 283 g/mol. The van der Waals surface area contributed by atoms with E-state index in [9.17, 15) is 10.1 Å². The number of para-hydroxylation sites is 1. The monoisotopic (exact) mass is 282 g/mol. The lowest BCUT2D eigenvalue weighted by atomic mass is 9.96. The number of nitro benzene ring substituents is 1. The molecule has 0 saturated heterocycles. The van der Waals surface area contributed by atoms with Gasteiger partial charge < -0.3 is 5.32 Å². The maximum absolute atomic E-state index is 11.1. The zero-order valence-electron chi connectivity index (χ0n) is 10.9. The predicted molar refractivity (Wildman–Crippen MR) is 77.8 cm³/mol. The Bertz CT molecular complexity index is 443. The van der Waals surface area contributed by atoms with Crippen LogP contribution in [0, 0.1) is 10.1 Å². The third kappa shape index (κ3) is 3.83. The maximum atomic E-state index is 11.1. The molecule has 0 aliphatic heterocycles. The minimum absolute atomic E-state index is 0.00812. The summed E-state index contributed by atoms with van der Waals surface area (Å²) < 4.78 is 0. The molecule has 1 aliphatic carbocycles. The molecule has 104 valence electrons. The molecular formula is C14H19ClN2O2. The fourth-order valence-electron chi connectivity index (χ4n) is 2.64. The van der Waals surface area contributed by atoms with Crippen molar-refractivity contribution in [3.63, 3.8) is 0 Å². The summed E-state index contributed by atoms with van der Waals surface area (Å²) in [6, 6.07) is 5.37. The molecule has 1 N–H and O–H groups in total. The van der Waals surface area contributed by atoms with E-state index in [-0.39, 0.29) is 10.7 Å². The molecule has 0 amide bonds. The Morgan fingerprint density at radius 1 is 1.16 bits per heavy atom. The van der Waals surface area contributed by atoms with E-state index in [1.165, 1.54) is 32.1 Å². The molecule has 0 unspecified atom stereocenters. The van der Waals surface area contributed by atoms with Gasteiger partial charge in [0.2, 0.25) is 0 Å². The van der Waals surface area contributed by atoms with Crippen LogP contribution in [0.1, 0.15) is 44.9 Å². The Hall–Kier alpha value is -1.29. The van der Waals surface area contributed by atoms with E-state index >= 15 is 0 Å². The lowest BCUT2D eigenvalue weighted by Crippen LogP contribution is -2.21. The fraction of sp³-hybridized carbons (Fsp3) is 0.571. The number of nitrogens with one attached hydrogen (secondary N) is 1. The van der Waals surface area contributed by atoms with Crippen molar-refractivity contribution >= 4 is 23.0 Å². The first-order valence-corrected chi connectivity index (χ1v) is 7.25. The van der Waals surface area contributed by atoms with Gasteiger partial charge in [-0.25, -0.2) is 0 Å². The standard InChI is InChI=1S/C14H19ClN2O2/c15-12-9-6-10-13(14(12)17(18)19)16-11-7-4-2-1-3-5-8-11/h6,9-11,16H,1-5,7-8H2. The van der Waals surface area contributed by atoms with Crippen molar-refractivity contribution in [1.82, 2.24) is 0 Å². The van der Waals surface area contributed by atoms with Crippen molar-refractivity contribution in [3.05, 3.63) is 33.3 Å². The molecule has 1 aliphatic rings. The molecule has 5 heteroatoms. The summed E-state index contributed by atoms with van der Waals surface area (Å²) in [7, 11) is 0. The van der Waals surface area contributed by atoms with Gasteiger partial charge in [-0.2, -0.15) is 0 Å². The van der Waals surface area contributed by atoms with Gasteiger partial charge in [-0.1, -0.05) is 49.8 Å². The van der Waals surface area contributed by atoms with Crippen LogP contribution in [0.15, 0.2) is 18.2 Å². The Balaban J connectivity index is 2.13. The smallest absolute Gasteiger partial charge is 0.310 e. The fourth-order valence-corrected chi connectivity index (χ4v) is 2.88. The van der Waals surface area contributed by atoms with Crippen LogP contribution < -0.4 is 5.32 Å². The summed E-state index contributed by atoms with van der Waals surface area (Å²) in [4.78, 5) is 10.7. The van der Waals surface area contributed by atoms with Crippen molar-refractivity contribution in [2.75, 3.05) is 5.32 Å². The molecule has 0 aromatic heterocycles. The van der Waals surface area contributed by atoms with Crippen LogP contribution in [0.4, 0.5) is 11.4 Å². The summed E-state index contributed by atoms with van der Waals surface area (Å²) in [6.07, 6.45) is 8.35. The number of hydrogen-bond acceptors (Lipinski definition) is 3. The van der Waals surface area contributed by atoms with Crippen LogP contribution in [0.25, 0.3) is 0 Å². The zero-order chi connectivity index (χ0) is 13.7. The third-order valence-electron chi connectivity index (χ3n) is 3.63. The van der Waals surface area contributed by atoms with Crippen LogP contribution in [0.5, 0.6) is 0 Å². The topological polar surface area (TPSA) is 55.2 Å². The highest BCUT2D eigenvalue weighted by molar-refractivity contribution is 6.33. The van der Waals surface area contributed by atoms with Crippen LogP contribution in [0.3, 0.4) is 0 Å². The molecule has 0 atom stereocenters. The molecule has 0 bridgehead atoms. The lowest BCUT2D eigenvalue weighted by Gasteiger charge is -2.22. The molecule has 1 fully saturated rings. The van der Waals surface area contributed by atoms with Gasteiger partial charge in [-0.3, -0.25) is 10.1 Å². The number of hydrogen-bond donors (Lipinski definition) is 1. The first-order chi connectivity index (χ1) is 9.18. The van der Waals surface area contributed by atoms with Crippen LogP contribution >= 0.6 is 11.6 Å². The summed E-state index contributed by atoms with van der Waals surface area (Å²) in [5.74, 6) is 0. The number of anilines is 1. The van der Waals surface area contributed by atoms with Gasteiger partial charge in [-0.15, -0.1) is 0 Å². The molecule has 0 radical (unpaired) electrons. The van der Waals surface area contributed by atoms with Crippen molar-refractivity contribution < 1.29 is 4.92 Å². The van der Waals surface area contributed by atoms with E-state index < -0.39 is 4.92 Å². The zero-order valence-corrected chi connectivity index (χ0v) is 11.7. The molecule has 1 aromatic rings. The Morgan fingerprint density at radius 3 is 2.42 bits per heavy atom. The Morgan fingerprint density at radius 2 is 1.79 bits per heavy atom. The molecule has 1 saturated carbocycles. The quantitative estimate of drug-likeness (QED) is 0.641. The Kier molecular flexibility index (Phi) is 5.02. The van der Waals surface area contributed by atoms with Crippen molar-refractivity contribution in [2.24, 2.45) is 0 Å². The minimum Gasteiger partial charge on any atom is -0.377 e. The van der Waals surface area contributed by atoms with E-state index in [1.807, 2.05) is 0 Å². The SMILES string of the molecule is O=[N+]([O-])c1c(Cl)cccc1NC1CCCCCCC1. The van der Waals surface area contributed by atoms with E-state index in [4.69, 9.17) is 11.6 Å². The van der Waals surface area contributed by atoms with Gasteiger partial charge in [0.1, 0.15) is 10.7 Å². The van der Waals surface area contributed by atoms with Crippen molar-refractivity contribution in [1.29, 1.82) is 0 Å². The van der Waals surface area contributed by atoms with E-state index in [0.29, 0.717) is 11.7 Å². The molecule has 1 aromatic carbocycles. The Labute approximate surface area is 118 Å². The summed E-state index contributed by atoms with van der Waals surface area (Å²) in [5, 5.41) is 14.6. The van der Waals surface area contributed by atoms with Gasteiger partial charge in [0.05, 0.1) is 4.92 Å².